The molecule has 1 aliphatic rings. The topological polar surface area (TPSA) is 50.4 Å². The first-order valence-corrected chi connectivity index (χ1v) is 10.3. The molecule has 1 unspecified atom stereocenters. The minimum atomic E-state index is 0. The summed E-state index contributed by atoms with van der Waals surface area (Å²) < 4.78 is 6.06. The number of carbonyl (C=O) groups is 1. The van der Waals surface area contributed by atoms with E-state index >= 15 is 0 Å². The fraction of sp³-hybridized carbons (Fsp3) is 0.458. The Hall–Kier alpha value is -1.88. The van der Waals surface area contributed by atoms with Crippen LogP contribution < -0.4 is 10.6 Å². The number of amides is 1. The van der Waals surface area contributed by atoms with Gasteiger partial charge in [-0.05, 0) is 50.9 Å². The summed E-state index contributed by atoms with van der Waals surface area (Å²) in [5.74, 6) is 0.461. The first-order valence-electron chi connectivity index (χ1n) is 10.3. The molecule has 4 nitrogen and oxygen atoms in total. The second-order valence-electron chi connectivity index (χ2n) is 7.89. The van der Waals surface area contributed by atoms with Crippen LogP contribution in [0.2, 0.25) is 0 Å². The molecule has 2 aromatic carbocycles. The van der Waals surface area contributed by atoms with Gasteiger partial charge in [0.15, 0.2) is 0 Å². The Morgan fingerprint density at radius 1 is 1.10 bits per heavy atom. The Labute approximate surface area is 180 Å². The van der Waals surface area contributed by atoms with Gasteiger partial charge >= 0.3 is 0 Å². The highest BCUT2D eigenvalue weighted by atomic mass is 35.5. The van der Waals surface area contributed by atoms with Crippen molar-refractivity contribution in [1.82, 2.24) is 10.6 Å². The van der Waals surface area contributed by atoms with E-state index < -0.39 is 0 Å². The van der Waals surface area contributed by atoms with Crippen LogP contribution in [0.4, 0.5) is 0 Å². The van der Waals surface area contributed by atoms with Gasteiger partial charge in [-0.15, -0.1) is 12.4 Å². The van der Waals surface area contributed by atoms with Crippen molar-refractivity contribution >= 4 is 18.3 Å². The van der Waals surface area contributed by atoms with Crippen LogP contribution in [0.25, 0.3) is 0 Å². The largest absolute Gasteiger partial charge is 0.376 e. The molecule has 1 fully saturated rings. The number of piperidine rings is 1. The highest BCUT2D eigenvalue weighted by Crippen LogP contribution is 2.18. The summed E-state index contributed by atoms with van der Waals surface area (Å²) in [5.41, 5.74) is 4.91. The number of ether oxygens (including phenoxy) is 1. The van der Waals surface area contributed by atoms with Gasteiger partial charge in [0.05, 0.1) is 13.2 Å². The molecule has 0 radical (unpaired) electrons. The molecule has 0 spiro atoms. The zero-order valence-electron chi connectivity index (χ0n) is 17.4. The lowest BCUT2D eigenvalue weighted by Crippen LogP contribution is -2.40. The molecule has 0 bridgehead atoms. The number of hydrogen-bond acceptors (Lipinski definition) is 3. The summed E-state index contributed by atoms with van der Waals surface area (Å²) in [6.45, 7) is 7.87. The van der Waals surface area contributed by atoms with Crippen molar-refractivity contribution in [2.45, 2.75) is 39.2 Å². The third-order valence-electron chi connectivity index (χ3n) is 5.37. The second kappa shape index (κ2) is 12.0. The lowest BCUT2D eigenvalue weighted by molar-refractivity contribution is -0.125. The molecule has 5 heteroatoms. The van der Waals surface area contributed by atoms with Crippen molar-refractivity contribution in [3.8, 4) is 0 Å². The van der Waals surface area contributed by atoms with Gasteiger partial charge in [0, 0.05) is 18.4 Å². The number of halogens is 1. The van der Waals surface area contributed by atoms with Gasteiger partial charge in [-0.2, -0.15) is 0 Å². The van der Waals surface area contributed by atoms with Gasteiger partial charge < -0.3 is 15.4 Å². The molecule has 2 aromatic rings. The van der Waals surface area contributed by atoms with Crippen LogP contribution in [0.15, 0.2) is 48.5 Å². The number of aryl methyl sites for hydroxylation is 2. The maximum Gasteiger partial charge on any atom is 0.223 e. The van der Waals surface area contributed by atoms with E-state index in [-0.39, 0.29) is 30.2 Å². The van der Waals surface area contributed by atoms with Gasteiger partial charge in [0.1, 0.15) is 0 Å². The number of rotatable bonds is 8. The Morgan fingerprint density at radius 2 is 1.76 bits per heavy atom. The van der Waals surface area contributed by atoms with Gasteiger partial charge in [0.2, 0.25) is 5.91 Å². The molecule has 1 saturated heterocycles. The van der Waals surface area contributed by atoms with Crippen molar-refractivity contribution in [2.24, 2.45) is 5.92 Å². The van der Waals surface area contributed by atoms with Crippen LogP contribution >= 0.6 is 12.4 Å². The first kappa shape index (κ1) is 23.4. The van der Waals surface area contributed by atoms with E-state index in [4.69, 9.17) is 4.74 Å². The molecular weight excluding hydrogens is 384 g/mol. The minimum absolute atomic E-state index is 0. The molecule has 29 heavy (non-hydrogen) atoms. The monoisotopic (exact) mass is 416 g/mol. The fourth-order valence-electron chi connectivity index (χ4n) is 3.92. The lowest BCUT2D eigenvalue weighted by atomic mass is 9.96. The first-order chi connectivity index (χ1) is 13.6. The van der Waals surface area contributed by atoms with E-state index in [1.54, 1.807) is 0 Å². The van der Waals surface area contributed by atoms with Crippen molar-refractivity contribution in [2.75, 3.05) is 26.2 Å². The zero-order valence-corrected chi connectivity index (χ0v) is 18.3. The molecule has 158 valence electrons. The molecule has 0 aromatic heterocycles. The molecule has 0 saturated carbocycles. The Balaban J connectivity index is 0.00000300. The van der Waals surface area contributed by atoms with E-state index in [0.717, 1.165) is 25.9 Å². The highest BCUT2D eigenvalue weighted by Gasteiger charge is 2.22. The SMILES string of the molecule is Cc1cc(C)cc(COCC(CNC(=O)C2CCNCC2)c2ccccc2)c1.Cl. The maximum atomic E-state index is 12.5. The van der Waals surface area contributed by atoms with Crippen LogP contribution in [0, 0.1) is 19.8 Å². The molecule has 2 N–H and O–H groups in total. The average Bonchev–Trinajstić information content (AvgIpc) is 2.71. The highest BCUT2D eigenvalue weighted by molar-refractivity contribution is 5.85. The summed E-state index contributed by atoms with van der Waals surface area (Å²) in [6, 6.07) is 16.8. The Kier molecular flexibility index (Phi) is 9.65. The molecule has 0 aliphatic carbocycles. The summed E-state index contributed by atoms with van der Waals surface area (Å²) in [6.07, 6.45) is 1.84. The van der Waals surface area contributed by atoms with E-state index in [1.807, 2.05) is 18.2 Å². The van der Waals surface area contributed by atoms with Crippen molar-refractivity contribution in [1.29, 1.82) is 0 Å². The van der Waals surface area contributed by atoms with Crippen molar-refractivity contribution < 1.29 is 9.53 Å². The molecule has 1 heterocycles. The van der Waals surface area contributed by atoms with Crippen LogP contribution in [-0.2, 0) is 16.1 Å². The number of benzene rings is 2. The van der Waals surface area contributed by atoms with E-state index in [9.17, 15) is 4.79 Å². The lowest BCUT2D eigenvalue weighted by Gasteiger charge is -2.24. The number of hydrogen-bond donors (Lipinski definition) is 2. The van der Waals surface area contributed by atoms with Gasteiger partial charge in [-0.1, -0.05) is 59.7 Å². The van der Waals surface area contributed by atoms with Crippen molar-refractivity contribution in [3.05, 3.63) is 70.8 Å². The van der Waals surface area contributed by atoms with E-state index in [0.29, 0.717) is 19.8 Å². The number of carbonyl (C=O) groups excluding carboxylic acids is 1. The summed E-state index contributed by atoms with van der Waals surface area (Å²) in [5, 5.41) is 6.48. The number of nitrogens with one attached hydrogen (secondary N) is 2. The van der Waals surface area contributed by atoms with Crippen LogP contribution in [0.1, 0.15) is 41.0 Å². The molecular formula is C24H33ClN2O2. The molecule has 1 amide bonds. The zero-order chi connectivity index (χ0) is 19.8. The summed E-state index contributed by atoms with van der Waals surface area (Å²) >= 11 is 0. The van der Waals surface area contributed by atoms with Crippen LogP contribution in [-0.4, -0.2) is 32.1 Å². The summed E-state index contributed by atoms with van der Waals surface area (Å²) in [4.78, 5) is 12.5. The Morgan fingerprint density at radius 3 is 2.41 bits per heavy atom. The smallest absolute Gasteiger partial charge is 0.223 e. The maximum absolute atomic E-state index is 12.5. The van der Waals surface area contributed by atoms with Crippen molar-refractivity contribution in [3.63, 3.8) is 0 Å². The predicted octanol–water partition coefficient (Wildman–Crippen LogP) is 4.14. The van der Waals surface area contributed by atoms with Gasteiger partial charge in [-0.25, -0.2) is 0 Å². The quantitative estimate of drug-likeness (QED) is 0.679. The standard InChI is InChI=1S/C24H32N2O2.ClH/c1-18-12-19(2)14-20(13-18)16-28-17-23(21-6-4-3-5-7-21)15-26-24(27)22-8-10-25-11-9-22;/h3-7,12-14,22-23,25H,8-11,15-17H2,1-2H3,(H,26,27);1H. The summed E-state index contributed by atoms with van der Waals surface area (Å²) in [7, 11) is 0. The minimum Gasteiger partial charge on any atom is -0.376 e. The Bertz CT molecular complexity index is 740. The molecule has 3 rings (SSSR count). The third-order valence-corrected chi connectivity index (χ3v) is 5.37. The fourth-order valence-corrected chi connectivity index (χ4v) is 3.92. The normalized spacial score (nSPS) is 15.4. The average molecular weight is 417 g/mol. The molecule has 1 atom stereocenters. The van der Waals surface area contributed by atoms with Gasteiger partial charge in [-0.3, -0.25) is 4.79 Å². The third kappa shape index (κ3) is 7.46. The van der Waals surface area contributed by atoms with Crippen LogP contribution in [0.5, 0.6) is 0 Å². The van der Waals surface area contributed by atoms with Gasteiger partial charge in [0.25, 0.3) is 0 Å². The van der Waals surface area contributed by atoms with E-state index in [2.05, 4.69) is 54.8 Å². The second-order valence-corrected chi connectivity index (χ2v) is 7.89. The molecule has 1 aliphatic heterocycles. The van der Waals surface area contributed by atoms with Crippen LogP contribution in [0.3, 0.4) is 0 Å². The van der Waals surface area contributed by atoms with E-state index in [1.165, 1.54) is 22.3 Å². The predicted molar refractivity (Wildman–Crippen MR) is 121 cm³/mol.